The number of fused-ring (bicyclic) bond motifs is 1. The molecule has 0 bridgehead atoms. The Hall–Kier alpha value is -3.29. The molecule has 128 valence electrons. The highest BCUT2D eigenvalue weighted by molar-refractivity contribution is 6.31. The van der Waals surface area contributed by atoms with Gasteiger partial charge in [-0.25, -0.2) is 0 Å². The van der Waals surface area contributed by atoms with Crippen LogP contribution in [-0.4, -0.2) is 13.0 Å². The Morgan fingerprint density at radius 2 is 1.96 bits per heavy atom. The van der Waals surface area contributed by atoms with Crippen molar-refractivity contribution in [2.45, 2.75) is 0 Å². The minimum atomic E-state index is -0.509. The second kappa shape index (κ2) is 7.73. The van der Waals surface area contributed by atoms with Gasteiger partial charge in [-0.2, -0.15) is 5.26 Å². The summed E-state index contributed by atoms with van der Waals surface area (Å²) in [6, 6.07) is 20.2. The van der Waals surface area contributed by atoms with Crippen LogP contribution in [0, 0.1) is 11.3 Å². The SMILES string of the molecule is COc1ccc2ccccc2c1/C=C(\C#N)C(=O)Nc1cccc(Cl)c1. The third kappa shape index (κ3) is 3.69. The molecule has 4 nitrogen and oxygen atoms in total. The van der Waals surface area contributed by atoms with Crippen LogP contribution in [0.5, 0.6) is 5.75 Å². The first-order valence-corrected chi connectivity index (χ1v) is 8.24. The first kappa shape index (κ1) is 17.5. The molecule has 0 aliphatic rings. The van der Waals surface area contributed by atoms with E-state index in [1.54, 1.807) is 37.5 Å². The summed E-state index contributed by atoms with van der Waals surface area (Å²) in [4.78, 5) is 12.5. The molecular formula is C21H15ClN2O2. The Kier molecular flexibility index (Phi) is 5.21. The van der Waals surface area contributed by atoms with Crippen molar-refractivity contribution < 1.29 is 9.53 Å². The number of rotatable bonds is 4. The standard InChI is InChI=1S/C21H15ClN2O2/c1-26-20-10-9-14-5-2-3-8-18(14)19(20)11-15(13-23)21(25)24-17-7-4-6-16(22)12-17/h2-12H,1H3,(H,24,25)/b15-11+. The van der Waals surface area contributed by atoms with E-state index in [9.17, 15) is 10.1 Å². The number of hydrogen-bond donors (Lipinski definition) is 1. The molecule has 0 saturated carbocycles. The number of nitrogens with zero attached hydrogens (tertiary/aromatic N) is 1. The molecule has 0 aromatic heterocycles. The van der Waals surface area contributed by atoms with E-state index in [0.717, 1.165) is 10.8 Å². The second-order valence-electron chi connectivity index (χ2n) is 5.54. The highest BCUT2D eigenvalue weighted by Gasteiger charge is 2.13. The number of carbonyl (C=O) groups excluding carboxylic acids is 1. The van der Waals surface area contributed by atoms with E-state index in [1.165, 1.54) is 0 Å². The number of nitriles is 1. The highest BCUT2D eigenvalue weighted by atomic mass is 35.5. The molecule has 1 N–H and O–H groups in total. The molecule has 0 saturated heterocycles. The first-order valence-electron chi connectivity index (χ1n) is 7.87. The summed E-state index contributed by atoms with van der Waals surface area (Å²) in [6.07, 6.45) is 1.54. The van der Waals surface area contributed by atoms with Gasteiger partial charge in [0.05, 0.1) is 7.11 Å². The molecule has 0 unspecified atom stereocenters. The van der Waals surface area contributed by atoms with Crippen LogP contribution in [0.4, 0.5) is 5.69 Å². The molecule has 0 fully saturated rings. The summed E-state index contributed by atoms with van der Waals surface area (Å²) in [6.45, 7) is 0. The van der Waals surface area contributed by atoms with E-state index in [0.29, 0.717) is 22.0 Å². The zero-order valence-corrected chi connectivity index (χ0v) is 14.7. The van der Waals surface area contributed by atoms with Crippen LogP contribution in [0.2, 0.25) is 5.02 Å². The van der Waals surface area contributed by atoms with Crippen molar-refractivity contribution in [3.8, 4) is 11.8 Å². The quantitative estimate of drug-likeness (QED) is 0.522. The lowest BCUT2D eigenvalue weighted by Crippen LogP contribution is -2.13. The van der Waals surface area contributed by atoms with E-state index >= 15 is 0 Å². The number of ether oxygens (including phenoxy) is 1. The first-order chi connectivity index (χ1) is 12.6. The number of methoxy groups -OCH3 is 1. The monoisotopic (exact) mass is 362 g/mol. The summed E-state index contributed by atoms with van der Waals surface area (Å²) in [7, 11) is 1.56. The van der Waals surface area contributed by atoms with Gasteiger partial charge in [-0.1, -0.05) is 48.0 Å². The van der Waals surface area contributed by atoms with Crippen LogP contribution in [0.1, 0.15) is 5.56 Å². The van der Waals surface area contributed by atoms with Crippen molar-refractivity contribution in [1.29, 1.82) is 5.26 Å². The summed E-state index contributed by atoms with van der Waals surface area (Å²) < 4.78 is 5.41. The number of benzene rings is 3. The summed E-state index contributed by atoms with van der Waals surface area (Å²) in [5.74, 6) is 0.0803. The van der Waals surface area contributed by atoms with Gasteiger partial charge in [-0.15, -0.1) is 0 Å². The number of halogens is 1. The second-order valence-corrected chi connectivity index (χ2v) is 5.97. The maximum atomic E-state index is 12.5. The van der Waals surface area contributed by atoms with Gasteiger partial charge in [0.1, 0.15) is 17.4 Å². The fourth-order valence-corrected chi connectivity index (χ4v) is 2.85. The maximum absolute atomic E-state index is 12.5. The zero-order chi connectivity index (χ0) is 18.5. The zero-order valence-electron chi connectivity index (χ0n) is 14.0. The minimum absolute atomic E-state index is 0.0281. The van der Waals surface area contributed by atoms with Crippen molar-refractivity contribution >= 4 is 40.0 Å². The number of amides is 1. The number of anilines is 1. The molecule has 0 atom stereocenters. The topological polar surface area (TPSA) is 62.1 Å². The van der Waals surface area contributed by atoms with Crippen LogP contribution < -0.4 is 10.1 Å². The lowest BCUT2D eigenvalue weighted by Gasteiger charge is -2.10. The lowest BCUT2D eigenvalue weighted by molar-refractivity contribution is -0.112. The van der Waals surface area contributed by atoms with Gasteiger partial charge in [0.25, 0.3) is 5.91 Å². The Morgan fingerprint density at radius 1 is 1.15 bits per heavy atom. The Labute approximate surface area is 156 Å². The lowest BCUT2D eigenvalue weighted by atomic mass is 10.0. The summed E-state index contributed by atoms with van der Waals surface area (Å²) in [5, 5.41) is 14.6. The average molecular weight is 363 g/mol. The van der Waals surface area contributed by atoms with E-state index in [-0.39, 0.29) is 5.57 Å². The van der Waals surface area contributed by atoms with Crippen LogP contribution in [0.25, 0.3) is 16.8 Å². The van der Waals surface area contributed by atoms with Gasteiger partial charge >= 0.3 is 0 Å². The third-order valence-corrected chi connectivity index (χ3v) is 4.12. The molecule has 0 spiro atoms. The predicted octanol–water partition coefficient (Wildman–Crippen LogP) is 5.05. The van der Waals surface area contributed by atoms with Gasteiger partial charge in [-0.3, -0.25) is 4.79 Å². The van der Waals surface area contributed by atoms with Crippen LogP contribution in [0.3, 0.4) is 0 Å². The molecule has 1 amide bonds. The van der Waals surface area contributed by atoms with Gasteiger partial charge in [0.15, 0.2) is 0 Å². The predicted molar refractivity (Wildman–Crippen MR) is 104 cm³/mol. The number of carbonyl (C=O) groups is 1. The Balaban J connectivity index is 2.03. The summed E-state index contributed by atoms with van der Waals surface area (Å²) in [5.41, 5.74) is 1.18. The minimum Gasteiger partial charge on any atom is -0.496 e. The fraction of sp³-hybridized carbons (Fsp3) is 0.0476. The number of hydrogen-bond acceptors (Lipinski definition) is 3. The molecule has 26 heavy (non-hydrogen) atoms. The van der Waals surface area contributed by atoms with Crippen molar-refractivity contribution in [1.82, 2.24) is 0 Å². The van der Waals surface area contributed by atoms with Gasteiger partial charge < -0.3 is 10.1 Å². The summed E-state index contributed by atoms with van der Waals surface area (Å²) >= 11 is 5.93. The molecule has 5 heteroatoms. The molecule has 0 aliphatic carbocycles. The van der Waals surface area contributed by atoms with E-state index in [4.69, 9.17) is 16.3 Å². The van der Waals surface area contributed by atoms with E-state index in [2.05, 4.69) is 5.32 Å². The molecular weight excluding hydrogens is 348 g/mol. The van der Waals surface area contributed by atoms with Crippen molar-refractivity contribution in [3.63, 3.8) is 0 Å². The Bertz CT molecular complexity index is 1050. The van der Waals surface area contributed by atoms with Crippen LogP contribution in [-0.2, 0) is 4.79 Å². The fourth-order valence-electron chi connectivity index (χ4n) is 2.66. The van der Waals surface area contributed by atoms with Gasteiger partial charge in [-0.05, 0) is 41.1 Å². The normalized spacial score (nSPS) is 11.0. The molecule has 3 aromatic carbocycles. The van der Waals surface area contributed by atoms with E-state index < -0.39 is 5.91 Å². The van der Waals surface area contributed by atoms with E-state index in [1.807, 2.05) is 42.5 Å². The molecule has 0 aliphatic heterocycles. The average Bonchev–Trinajstić information content (AvgIpc) is 2.65. The molecule has 3 aromatic rings. The molecule has 0 radical (unpaired) electrons. The van der Waals surface area contributed by atoms with Crippen molar-refractivity contribution in [3.05, 3.63) is 76.8 Å². The smallest absolute Gasteiger partial charge is 0.266 e. The van der Waals surface area contributed by atoms with Gasteiger partial charge in [0.2, 0.25) is 0 Å². The third-order valence-electron chi connectivity index (χ3n) is 3.89. The molecule has 3 rings (SSSR count). The Morgan fingerprint density at radius 3 is 2.69 bits per heavy atom. The van der Waals surface area contributed by atoms with Crippen LogP contribution in [0.15, 0.2) is 66.2 Å². The van der Waals surface area contributed by atoms with Crippen molar-refractivity contribution in [2.24, 2.45) is 0 Å². The largest absolute Gasteiger partial charge is 0.496 e. The highest BCUT2D eigenvalue weighted by Crippen LogP contribution is 2.30. The van der Waals surface area contributed by atoms with Crippen molar-refractivity contribution in [2.75, 3.05) is 12.4 Å². The maximum Gasteiger partial charge on any atom is 0.266 e. The van der Waals surface area contributed by atoms with Gasteiger partial charge in [0, 0.05) is 16.3 Å². The molecule has 0 heterocycles. The number of nitrogens with one attached hydrogen (secondary N) is 1. The van der Waals surface area contributed by atoms with Crippen LogP contribution >= 0.6 is 11.6 Å².